The highest BCUT2D eigenvalue weighted by molar-refractivity contribution is 6.30. The Bertz CT molecular complexity index is 798. The van der Waals surface area contributed by atoms with Crippen molar-refractivity contribution in [2.75, 3.05) is 33.3 Å². The van der Waals surface area contributed by atoms with Gasteiger partial charge in [-0.3, -0.25) is 4.79 Å². The molecular formula is C23H30ClFN2O2. The van der Waals surface area contributed by atoms with Gasteiger partial charge >= 0.3 is 0 Å². The van der Waals surface area contributed by atoms with E-state index < -0.39 is 5.67 Å². The van der Waals surface area contributed by atoms with Crippen LogP contribution < -0.4 is 4.74 Å². The number of methoxy groups -OCH3 is 1. The van der Waals surface area contributed by atoms with Crippen molar-refractivity contribution in [3.8, 4) is 5.75 Å². The molecule has 0 bridgehead atoms. The van der Waals surface area contributed by atoms with Crippen LogP contribution in [0.2, 0.25) is 5.02 Å². The molecule has 2 saturated carbocycles. The number of alkyl halides is 1. The first-order valence-corrected chi connectivity index (χ1v) is 11.4. The predicted molar refractivity (Wildman–Crippen MR) is 111 cm³/mol. The number of benzene rings is 1. The highest BCUT2D eigenvalue weighted by atomic mass is 35.5. The van der Waals surface area contributed by atoms with Gasteiger partial charge in [0.05, 0.1) is 7.11 Å². The Morgan fingerprint density at radius 2 is 1.90 bits per heavy atom. The van der Waals surface area contributed by atoms with E-state index in [9.17, 15) is 9.18 Å². The molecule has 2 saturated heterocycles. The van der Waals surface area contributed by atoms with Gasteiger partial charge in [-0.2, -0.15) is 0 Å². The van der Waals surface area contributed by atoms with E-state index in [4.69, 9.17) is 16.3 Å². The van der Waals surface area contributed by atoms with Crippen molar-refractivity contribution >= 4 is 17.5 Å². The monoisotopic (exact) mass is 420 g/mol. The number of carbonyl (C=O) groups excluding carboxylic acids is 1. The van der Waals surface area contributed by atoms with Crippen molar-refractivity contribution in [2.45, 2.75) is 62.6 Å². The maximum Gasteiger partial charge on any atom is 0.260 e. The fourth-order valence-corrected chi connectivity index (χ4v) is 6.07. The lowest BCUT2D eigenvalue weighted by atomic mass is 9.77. The van der Waals surface area contributed by atoms with Crippen LogP contribution in [0.1, 0.15) is 56.4 Å². The maximum absolute atomic E-state index is 14.0. The van der Waals surface area contributed by atoms with Crippen molar-refractivity contribution in [1.82, 2.24) is 9.80 Å². The van der Waals surface area contributed by atoms with Crippen LogP contribution in [0.5, 0.6) is 5.75 Å². The summed E-state index contributed by atoms with van der Waals surface area (Å²) in [6.45, 7) is 3.73. The van der Waals surface area contributed by atoms with E-state index in [-0.39, 0.29) is 11.3 Å². The van der Waals surface area contributed by atoms with Crippen LogP contribution in [-0.2, 0) is 4.79 Å². The molecule has 4 fully saturated rings. The Morgan fingerprint density at radius 3 is 2.55 bits per heavy atom. The molecule has 4 nitrogen and oxygen atoms in total. The molecule has 2 heterocycles. The fourth-order valence-electron chi connectivity index (χ4n) is 5.89. The highest BCUT2D eigenvalue weighted by Gasteiger charge is 2.58. The standard InChI is InChI=1S/C23H30ClFN2O2/c1-29-20-3-2-17(24)12-19(20)16-5-10-26(11-6-16)18-4-7-22(13-18)14-27(15-22)21(28)23(25)8-9-23/h2-3,12,16,18H,4-11,13-15H2,1H3/t18-/m0/s1. The zero-order chi connectivity index (χ0) is 20.2. The van der Waals surface area contributed by atoms with Crippen LogP contribution in [0.3, 0.4) is 0 Å². The third-order valence-electron chi connectivity index (χ3n) is 7.77. The molecule has 1 atom stereocenters. The van der Waals surface area contributed by atoms with E-state index in [1.807, 2.05) is 12.1 Å². The van der Waals surface area contributed by atoms with Crippen LogP contribution in [0.4, 0.5) is 4.39 Å². The number of ether oxygens (including phenoxy) is 1. The normalized spacial score (nSPS) is 28.4. The topological polar surface area (TPSA) is 32.8 Å². The average Bonchev–Trinajstić information content (AvgIpc) is 3.30. The van der Waals surface area contributed by atoms with Gasteiger partial charge in [0, 0.05) is 29.6 Å². The minimum Gasteiger partial charge on any atom is -0.496 e. The maximum atomic E-state index is 14.0. The number of amides is 1. The molecule has 0 unspecified atom stereocenters. The molecule has 5 rings (SSSR count). The van der Waals surface area contributed by atoms with E-state index in [1.54, 1.807) is 12.0 Å². The van der Waals surface area contributed by atoms with Crippen LogP contribution in [-0.4, -0.2) is 60.7 Å². The molecular weight excluding hydrogens is 391 g/mol. The number of halogens is 2. The van der Waals surface area contributed by atoms with Gasteiger partial charge in [0.15, 0.2) is 5.67 Å². The second-order valence-corrected chi connectivity index (χ2v) is 10.2. The van der Waals surface area contributed by atoms with E-state index in [2.05, 4.69) is 11.0 Å². The molecule has 2 aliphatic heterocycles. The van der Waals surface area contributed by atoms with Gasteiger partial charge in [0.2, 0.25) is 0 Å². The number of likely N-dealkylation sites (tertiary alicyclic amines) is 2. The lowest BCUT2D eigenvalue weighted by molar-refractivity contribution is -0.150. The fraction of sp³-hybridized carbons (Fsp3) is 0.696. The predicted octanol–water partition coefficient (Wildman–Crippen LogP) is 4.41. The number of rotatable bonds is 4. The van der Waals surface area contributed by atoms with Crippen LogP contribution in [0, 0.1) is 5.41 Å². The summed E-state index contributed by atoms with van der Waals surface area (Å²) in [4.78, 5) is 16.6. The van der Waals surface area contributed by atoms with E-state index in [1.165, 1.54) is 18.4 Å². The van der Waals surface area contributed by atoms with Crippen LogP contribution >= 0.6 is 11.6 Å². The molecule has 0 aromatic heterocycles. The lowest BCUT2D eigenvalue weighted by Gasteiger charge is -2.49. The van der Waals surface area contributed by atoms with Gasteiger partial charge in [-0.05, 0) is 87.7 Å². The molecule has 29 heavy (non-hydrogen) atoms. The van der Waals surface area contributed by atoms with Gasteiger partial charge in [-0.15, -0.1) is 0 Å². The van der Waals surface area contributed by atoms with Gasteiger partial charge < -0.3 is 14.5 Å². The van der Waals surface area contributed by atoms with Gasteiger partial charge in [0.1, 0.15) is 5.75 Å². The Kier molecular flexibility index (Phi) is 4.82. The van der Waals surface area contributed by atoms with Crippen molar-refractivity contribution < 1.29 is 13.9 Å². The molecule has 0 radical (unpaired) electrons. The first kappa shape index (κ1) is 19.6. The molecule has 4 aliphatic rings. The zero-order valence-electron chi connectivity index (χ0n) is 17.1. The summed E-state index contributed by atoms with van der Waals surface area (Å²) >= 11 is 6.23. The van der Waals surface area contributed by atoms with Crippen molar-refractivity contribution in [3.05, 3.63) is 28.8 Å². The van der Waals surface area contributed by atoms with Crippen molar-refractivity contribution in [1.29, 1.82) is 0 Å². The van der Waals surface area contributed by atoms with Crippen LogP contribution in [0.15, 0.2) is 18.2 Å². The first-order valence-electron chi connectivity index (χ1n) is 11.0. The number of carbonyl (C=O) groups is 1. The van der Waals surface area contributed by atoms with E-state index in [0.29, 0.717) is 24.8 Å². The Balaban J connectivity index is 1.15. The first-order chi connectivity index (χ1) is 13.9. The molecule has 1 amide bonds. The summed E-state index contributed by atoms with van der Waals surface area (Å²) in [6.07, 6.45) is 6.61. The molecule has 6 heteroatoms. The molecule has 0 N–H and O–H groups in total. The Labute approximate surface area is 177 Å². The molecule has 1 aromatic carbocycles. The second-order valence-electron chi connectivity index (χ2n) is 9.72. The largest absolute Gasteiger partial charge is 0.496 e. The quantitative estimate of drug-likeness (QED) is 0.723. The third kappa shape index (κ3) is 3.54. The second kappa shape index (κ2) is 7.12. The zero-order valence-corrected chi connectivity index (χ0v) is 17.9. The lowest BCUT2D eigenvalue weighted by Crippen LogP contribution is -2.60. The average molecular weight is 421 g/mol. The van der Waals surface area contributed by atoms with E-state index >= 15 is 0 Å². The number of nitrogens with zero attached hydrogens (tertiary/aromatic N) is 2. The van der Waals surface area contributed by atoms with Gasteiger partial charge in [0.25, 0.3) is 5.91 Å². The summed E-state index contributed by atoms with van der Waals surface area (Å²) in [5, 5.41) is 0.770. The number of hydrogen-bond donors (Lipinski definition) is 0. The molecule has 2 aliphatic carbocycles. The number of piperidine rings is 1. The molecule has 1 aromatic rings. The third-order valence-corrected chi connectivity index (χ3v) is 8.00. The minimum absolute atomic E-state index is 0.247. The SMILES string of the molecule is COc1ccc(Cl)cc1C1CCN([C@H]2CCC3(C2)CN(C(=O)C2(F)CC2)C3)CC1. The summed E-state index contributed by atoms with van der Waals surface area (Å²) in [5.74, 6) is 1.18. The van der Waals surface area contributed by atoms with Gasteiger partial charge in [-0.25, -0.2) is 4.39 Å². The molecule has 158 valence electrons. The van der Waals surface area contributed by atoms with Crippen LogP contribution in [0.25, 0.3) is 0 Å². The van der Waals surface area contributed by atoms with Crippen molar-refractivity contribution in [3.63, 3.8) is 0 Å². The van der Waals surface area contributed by atoms with Crippen molar-refractivity contribution in [2.24, 2.45) is 5.41 Å². The summed E-state index contributed by atoms with van der Waals surface area (Å²) in [7, 11) is 1.72. The summed E-state index contributed by atoms with van der Waals surface area (Å²) in [6, 6.07) is 6.52. The minimum atomic E-state index is -1.51. The Hall–Kier alpha value is -1.33. The Morgan fingerprint density at radius 1 is 1.17 bits per heavy atom. The number of hydrogen-bond acceptors (Lipinski definition) is 3. The van der Waals surface area contributed by atoms with E-state index in [0.717, 1.165) is 56.2 Å². The molecule has 1 spiro atoms. The smallest absolute Gasteiger partial charge is 0.260 e. The summed E-state index contributed by atoms with van der Waals surface area (Å²) < 4.78 is 19.6. The highest BCUT2D eigenvalue weighted by Crippen LogP contribution is 2.51. The van der Waals surface area contributed by atoms with Gasteiger partial charge in [-0.1, -0.05) is 11.6 Å². The summed E-state index contributed by atoms with van der Waals surface area (Å²) in [5.41, 5.74) is -0.0301.